The minimum absolute atomic E-state index is 0.121. The Morgan fingerprint density at radius 1 is 1.12 bits per heavy atom. The molecular formula is C14H12O2. The van der Waals surface area contributed by atoms with Gasteiger partial charge in [-0.25, -0.2) is 0 Å². The van der Waals surface area contributed by atoms with Gasteiger partial charge in [-0.2, -0.15) is 0 Å². The van der Waals surface area contributed by atoms with E-state index in [4.69, 9.17) is 6.48 Å². The summed E-state index contributed by atoms with van der Waals surface area (Å²) < 4.78 is 7.79. The third kappa shape index (κ3) is 2.28. The molecule has 2 rings (SSSR count). The first kappa shape index (κ1) is 9.16. The Kier molecular flexibility index (Phi) is 2.64. The van der Waals surface area contributed by atoms with E-state index < -0.39 is 5.97 Å². The molecule has 0 aromatic heterocycles. The number of carbonyl (C=O) groups is 1. The molecule has 0 radical (unpaired) electrons. The van der Waals surface area contributed by atoms with Crippen LogP contribution in [-0.2, 0) is 11.2 Å². The second kappa shape index (κ2) is 4.62. The molecule has 0 aliphatic heterocycles. The van der Waals surface area contributed by atoms with Crippen molar-refractivity contribution >= 4 is 5.97 Å². The van der Waals surface area contributed by atoms with Crippen LogP contribution in [0.5, 0.6) is 0 Å². The molecule has 80 valence electrons. The van der Waals surface area contributed by atoms with Crippen LogP contribution >= 0.6 is 0 Å². The first-order valence-electron chi connectivity index (χ1n) is 5.54. The van der Waals surface area contributed by atoms with Gasteiger partial charge in [0.05, 0.1) is 7.79 Å². The summed E-state index contributed by atoms with van der Waals surface area (Å²) in [6.45, 7) is 0. The van der Waals surface area contributed by atoms with Gasteiger partial charge in [0.2, 0.25) is 0 Å². The maximum Gasteiger partial charge on any atom is 0.307 e. The predicted molar refractivity (Wildman–Crippen MR) is 63.2 cm³/mol. The number of carboxylic acids is 1. The number of benzene rings is 2. The molecule has 0 amide bonds. The van der Waals surface area contributed by atoms with Gasteiger partial charge in [0, 0.05) is 0 Å². The minimum atomic E-state index is -0.915. The van der Waals surface area contributed by atoms with Crippen molar-refractivity contribution in [2.24, 2.45) is 0 Å². The number of rotatable bonds is 3. The zero-order valence-electron chi connectivity index (χ0n) is 9.68. The van der Waals surface area contributed by atoms with E-state index in [1.165, 1.54) is 0 Å². The van der Waals surface area contributed by atoms with Gasteiger partial charge in [-0.05, 0) is 16.7 Å². The van der Waals surface area contributed by atoms with E-state index in [1.807, 2.05) is 36.4 Å². The predicted octanol–water partition coefficient (Wildman–Crippen LogP) is 2.98. The Balaban J connectivity index is 2.54. The van der Waals surface area contributed by atoms with Gasteiger partial charge < -0.3 is 5.11 Å². The lowest BCUT2D eigenvalue weighted by Gasteiger charge is -2.07. The van der Waals surface area contributed by atoms with Crippen molar-refractivity contribution in [3.8, 4) is 11.1 Å². The van der Waals surface area contributed by atoms with Crippen LogP contribution in [0.15, 0.2) is 54.6 Å². The van der Waals surface area contributed by atoms with Gasteiger partial charge in [-0.3, -0.25) is 4.79 Å². The Morgan fingerprint density at radius 2 is 1.81 bits per heavy atom. The summed E-state index contributed by atoms with van der Waals surface area (Å²) in [6.07, 6.45) is -0.121. The second-order valence-corrected chi connectivity index (χ2v) is 3.50. The van der Waals surface area contributed by atoms with Crippen molar-refractivity contribution < 1.29 is 11.3 Å². The summed E-state index contributed by atoms with van der Waals surface area (Å²) in [5, 5.41) is 8.88. The van der Waals surface area contributed by atoms with Crippen molar-refractivity contribution in [3.63, 3.8) is 0 Å². The number of aliphatic carboxylic acids is 1. The molecule has 0 aliphatic carbocycles. The lowest BCUT2D eigenvalue weighted by molar-refractivity contribution is -0.136. The lowest BCUT2D eigenvalue weighted by atomic mass is 9.98. The van der Waals surface area contributed by atoms with E-state index in [0.29, 0.717) is 5.56 Å². The molecule has 0 fully saturated rings. The summed E-state index contributed by atoms with van der Waals surface area (Å²) in [5.41, 5.74) is 2.32. The van der Waals surface area contributed by atoms with Crippen LogP contribution in [0.2, 0.25) is 0 Å². The van der Waals surface area contributed by atoms with Crippen LogP contribution in [-0.4, -0.2) is 11.1 Å². The highest BCUT2D eigenvalue weighted by atomic mass is 16.4. The minimum Gasteiger partial charge on any atom is -0.481 e. The van der Waals surface area contributed by atoms with Gasteiger partial charge in [0.25, 0.3) is 0 Å². The molecule has 2 nitrogen and oxygen atoms in total. The van der Waals surface area contributed by atoms with Gasteiger partial charge in [-0.1, -0.05) is 54.6 Å². The average molecular weight is 213 g/mol. The average Bonchev–Trinajstić information content (AvgIpc) is 2.32. The van der Waals surface area contributed by atoms with Crippen molar-refractivity contribution in [2.75, 3.05) is 0 Å². The lowest BCUT2D eigenvalue weighted by Crippen LogP contribution is -2.01. The Hall–Kier alpha value is -2.09. The molecule has 0 spiro atoms. The number of carboxylic acid groups (broad SMARTS) is 1. The fourth-order valence-electron chi connectivity index (χ4n) is 1.66. The standard InChI is InChI=1S/C14H12O2/c15-14(16)10-12-8-4-5-9-13(12)11-6-2-1-3-7-11/h1-9H,10H2,(H,15,16)/i8D. The maximum atomic E-state index is 10.8. The molecule has 0 heterocycles. The monoisotopic (exact) mass is 213 g/mol. The van der Waals surface area contributed by atoms with Crippen molar-refractivity contribution in [2.45, 2.75) is 6.42 Å². The third-order valence-electron chi connectivity index (χ3n) is 2.35. The van der Waals surface area contributed by atoms with Gasteiger partial charge in [-0.15, -0.1) is 0 Å². The highest BCUT2D eigenvalue weighted by molar-refractivity contribution is 5.76. The van der Waals surface area contributed by atoms with Crippen LogP contribution in [0.25, 0.3) is 11.1 Å². The van der Waals surface area contributed by atoms with Crippen molar-refractivity contribution in [1.29, 1.82) is 0 Å². The van der Waals surface area contributed by atoms with Gasteiger partial charge in [0.15, 0.2) is 0 Å². The van der Waals surface area contributed by atoms with Crippen LogP contribution in [0, 0.1) is 0 Å². The highest BCUT2D eigenvalue weighted by Crippen LogP contribution is 2.23. The first-order chi connectivity index (χ1) is 8.18. The summed E-state index contributed by atoms with van der Waals surface area (Å²) >= 11 is 0. The third-order valence-corrected chi connectivity index (χ3v) is 2.35. The first-order valence-corrected chi connectivity index (χ1v) is 5.04. The van der Waals surface area contributed by atoms with Gasteiger partial charge in [0.1, 0.15) is 0 Å². The van der Waals surface area contributed by atoms with E-state index in [9.17, 15) is 4.79 Å². The van der Waals surface area contributed by atoms with E-state index in [2.05, 4.69) is 0 Å². The molecule has 1 N–H and O–H groups in total. The molecule has 0 bridgehead atoms. The molecule has 0 aliphatic rings. The largest absolute Gasteiger partial charge is 0.481 e. The van der Waals surface area contributed by atoms with E-state index in [1.54, 1.807) is 12.1 Å². The molecule has 0 atom stereocenters. The normalized spacial score (nSPS) is 10.9. The molecule has 2 heteroatoms. The molecule has 16 heavy (non-hydrogen) atoms. The maximum absolute atomic E-state index is 10.8. The summed E-state index contributed by atoms with van der Waals surface area (Å²) in [5.74, 6) is -0.915. The molecule has 2 aromatic carbocycles. The van der Waals surface area contributed by atoms with Gasteiger partial charge >= 0.3 is 5.97 Å². The molecule has 2 aromatic rings. The quantitative estimate of drug-likeness (QED) is 0.851. The smallest absolute Gasteiger partial charge is 0.307 e. The Bertz CT molecular complexity index is 535. The van der Waals surface area contributed by atoms with Crippen LogP contribution in [0.4, 0.5) is 0 Å². The van der Waals surface area contributed by atoms with E-state index in [0.717, 1.165) is 11.1 Å². The highest BCUT2D eigenvalue weighted by Gasteiger charge is 2.07. The zero-order chi connectivity index (χ0) is 12.3. The number of hydrogen-bond donors (Lipinski definition) is 1. The zero-order valence-corrected chi connectivity index (χ0v) is 8.68. The Labute approximate surface area is 95.6 Å². The number of hydrogen-bond acceptors (Lipinski definition) is 1. The molecule has 0 saturated carbocycles. The SMILES string of the molecule is [2H]c1cccc(-c2ccccc2)c1CC(=O)O. The topological polar surface area (TPSA) is 37.3 Å². The molecule has 0 unspecified atom stereocenters. The van der Waals surface area contributed by atoms with Crippen LogP contribution < -0.4 is 0 Å². The van der Waals surface area contributed by atoms with Crippen LogP contribution in [0.1, 0.15) is 6.93 Å². The summed E-state index contributed by atoms with van der Waals surface area (Å²) in [4.78, 5) is 10.8. The van der Waals surface area contributed by atoms with E-state index in [-0.39, 0.29) is 12.5 Å². The van der Waals surface area contributed by atoms with E-state index >= 15 is 0 Å². The fraction of sp³-hybridized carbons (Fsp3) is 0.0714. The fourth-order valence-corrected chi connectivity index (χ4v) is 1.66. The van der Waals surface area contributed by atoms with Crippen molar-refractivity contribution in [1.82, 2.24) is 0 Å². The molecular weight excluding hydrogens is 200 g/mol. The summed E-state index contributed by atoms with van der Waals surface area (Å²) in [7, 11) is 0. The summed E-state index contributed by atoms with van der Waals surface area (Å²) in [6, 6.07) is 15.1. The van der Waals surface area contributed by atoms with Crippen LogP contribution in [0.3, 0.4) is 0 Å². The Morgan fingerprint density at radius 3 is 2.50 bits per heavy atom. The second-order valence-electron chi connectivity index (χ2n) is 3.50. The van der Waals surface area contributed by atoms with Crippen molar-refractivity contribution in [3.05, 3.63) is 60.1 Å². The molecule has 0 saturated heterocycles.